The maximum absolute atomic E-state index is 12.8. The molecule has 29 heavy (non-hydrogen) atoms. The van der Waals surface area contributed by atoms with Crippen molar-refractivity contribution in [3.63, 3.8) is 0 Å². The third kappa shape index (κ3) is 4.42. The van der Waals surface area contributed by atoms with Gasteiger partial charge in [0.15, 0.2) is 0 Å². The van der Waals surface area contributed by atoms with Crippen LogP contribution in [0.25, 0.3) is 0 Å². The molecule has 4 rings (SSSR count). The van der Waals surface area contributed by atoms with E-state index in [1.165, 1.54) is 6.42 Å². The monoisotopic (exact) mass is 415 g/mol. The minimum atomic E-state index is -0.850. The number of hydrogen-bond acceptors (Lipinski definition) is 5. The zero-order valence-corrected chi connectivity index (χ0v) is 16.5. The molecule has 0 radical (unpaired) electrons. The van der Waals surface area contributed by atoms with Gasteiger partial charge in [0, 0.05) is 23.2 Å². The predicted molar refractivity (Wildman–Crippen MR) is 111 cm³/mol. The number of nitrogens with zero attached hydrogens (tertiary/aromatic N) is 1. The standard InChI is InChI=1S/C20H22ClN5O3/c21-11-5-4-8-13(9-11)23-20-25-17-16(19(29)26-20)14(10-15(27)24-17)18(28)22-12-6-2-1-3-7-12/h4-5,8-9,12,14H,1-3,6-7,10H2,(H,22,28)(H3,23,24,25,26,27,29)/t14-/m0/s1. The van der Waals surface area contributed by atoms with E-state index in [0.717, 1.165) is 25.7 Å². The Labute approximate surface area is 172 Å². The van der Waals surface area contributed by atoms with Crippen LogP contribution in [0, 0.1) is 0 Å². The number of amides is 2. The van der Waals surface area contributed by atoms with Gasteiger partial charge in [0.05, 0.1) is 11.5 Å². The van der Waals surface area contributed by atoms with Crippen molar-refractivity contribution in [2.75, 3.05) is 10.6 Å². The molecule has 2 amide bonds. The molecule has 152 valence electrons. The Hall–Kier alpha value is -2.87. The molecule has 4 N–H and O–H groups in total. The first-order chi connectivity index (χ1) is 14.0. The number of fused-ring (bicyclic) bond motifs is 1. The van der Waals surface area contributed by atoms with Crippen molar-refractivity contribution in [1.82, 2.24) is 15.3 Å². The van der Waals surface area contributed by atoms with Crippen LogP contribution in [0.1, 0.15) is 50.0 Å². The SMILES string of the molecule is O=C1C[C@H](C(=O)NC2CCCCC2)c2c(nc(Nc3cccc(Cl)c3)[nH]c2=O)N1. The molecule has 1 atom stereocenters. The fraction of sp³-hybridized carbons (Fsp3) is 0.400. The van der Waals surface area contributed by atoms with E-state index in [1.807, 2.05) is 0 Å². The predicted octanol–water partition coefficient (Wildman–Crippen LogP) is 3.04. The largest absolute Gasteiger partial charge is 0.353 e. The van der Waals surface area contributed by atoms with Gasteiger partial charge >= 0.3 is 0 Å². The number of aromatic amines is 1. The number of rotatable bonds is 4. The van der Waals surface area contributed by atoms with Gasteiger partial charge in [0.1, 0.15) is 5.82 Å². The van der Waals surface area contributed by atoms with Crippen molar-refractivity contribution in [2.45, 2.75) is 50.5 Å². The summed E-state index contributed by atoms with van der Waals surface area (Å²) in [6.07, 6.45) is 5.11. The molecule has 2 aliphatic rings. The minimum Gasteiger partial charge on any atom is -0.353 e. The summed E-state index contributed by atoms with van der Waals surface area (Å²) >= 11 is 5.98. The number of hydrogen-bond donors (Lipinski definition) is 4. The summed E-state index contributed by atoms with van der Waals surface area (Å²) in [5.74, 6) is -1.22. The smallest absolute Gasteiger partial charge is 0.258 e. The Morgan fingerprint density at radius 3 is 2.72 bits per heavy atom. The van der Waals surface area contributed by atoms with Crippen LogP contribution in [-0.4, -0.2) is 27.8 Å². The Morgan fingerprint density at radius 2 is 1.97 bits per heavy atom. The van der Waals surface area contributed by atoms with E-state index < -0.39 is 11.5 Å². The number of carbonyl (C=O) groups excluding carboxylic acids is 2. The molecule has 0 unspecified atom stereocenters. The first kappa shape index (κ1) is 19.4. The number of nitrogens with one attached hydrogen (secondary N) is 4. The number of halogens is 1. The van der Waals surface area contributed by atoms with E-state index in [4.69, 9.17) is 11.6 Å². The molecule has 2 aromatic rings. The Bertz CT molecular complexity index is 1000. The fourth-order valence-electron chi connectivity index (χ4n) is 3.91. The summed E-state index contributed by atoms with van der Waals surface area (Å²) in [5.41, 5.74) is 0.368. The second-order valence-corrected chi connectivity index (χ2v) is 7.90. The lowest BCUT2D eigenvalue weighted by Crippen LogP contribution is -2.43. The number of benzene rings is 1. The summed E-state index contributed by atoms with van der Waals surface area (Å²) in [7, 11) is 0. The second-order valence-electron chi connectivity index (χ2n) is 7.46. The van der Waals surface area contributed by atoms with Crippen LogP contribution in [0.4, 0.5) is 17.5 Å². The summed E-state index contributed by atoms with van der Waals surface area (Å²) in [5, 5.41) is 9.11. The van der Waals surface area contributed by atoms with Crippen LogP contribution in [0.2, 0.25) is 5.02 Å². The van der Waals surface area contributed by atoms with Crippen LogP contribution >= 0.6 is 11.6 Å². The third-order valence-corrected chi connectivity index (χ3v) is 5.54. The molecule has 0 spiro atoms. The fourth-order valence-corrected chi connectivity index (χ4v) is 4.10. The molecule has 1 aliphatic heterocycles. The molecule has 8 nitrogen and oxygen atoms in total. The number of carbonyl (C=O) groups is 2. The Balaban J connectivity index is 1.59. The lowest BCUT2D eigenvalue weighted by atomic mass is 9.90. The van der Waals surface area contributed by atoms with Gasteiger partial charge in [-0.3, -0.25) is 19.4 Å². The molecule has 0 bridgehead atoms. The van der Waals surface area contributed by atoms with Crippen molar-refractivity contribution >= 4 is 40.9 Å². The van der Waals surface area contributed by atoms with Crippen molar-refractivity contribution in [1.29, 1.82) is 0 Å². The molecule has 1 saturated carbocycles. The first-order valence-electron chi connectivity index (χ1n) is 9.76. The van der Waals surface area contributed by atoms with E-state index in [2.05, 4.69) is 25.9 Å². The molecule has 0 saturated heterocycles. The van der Waals surface area contributed by atoms with Gasteiger partial charge in [-0.05, 0) is 31.0 Å². The van der Waals surface area contributed by atoms with Crippen LogP contribution in [0.5, 0.6) is 0 Å². The van der Waals surface area contributed by atoms with Crippen LogP contribution < -0.4 is 21.5 Å². The summed E-state index contributed by atoms with van der Waals surface area (Å²) in [6, 6.07) is 7.03. The van der Waals surface area contributed by atoms with Crippen LogP contribution in [0.15, 0.2) is 29.1 Å². The van der Waals surface area contributed by atoms with Crippen LogP contribution in [0.3, 0.4) is 0 Å². The molecule has 1 aromatic heterocycles. The van der Waals surface area contributed by atoms with Gasteiger partial charge < -0.3 is 16.0 Å². The molecule has 9 heteroatoms. The highest BCUT2D eigenvalue weighted by atomic mass is 35.5. The molecular formula is C20H22ClN5O3. The number of aromatic nitrogens is 2. The maximum Gasteiger partial charge on any atom is 0.258 e. The van der Waals surface area contributed by atoms with Crippen molar-refractivity contribution in [3.05, 3.63) is 45.2 Å². The quantitative estimate of drug-likeness (QED) is 0.612. The van der Waals surface area contributed by atoms with Crippen LogP contribution in [-0.2, 0) is 9.59 Å². The van der Waals surface area contributed by atoms with E-state index in [0.29, 0.717) is 10.7 Å². The van der Waals surface area contributed by atoms with E-state index in [1.54, 1.807) is 24.3 Å². The maximum atomic E-state index is 12.8. The number of anilines is 3. The minimum absolute atomic E-state index is 0.0720. The van der Waals surface area contributed by atoms with Gasteiger partial charge in [-0.25, -0.2) is 0 Å². The number of H-pyrrole nitrogens is 1. The van der Waals surface area contributed by atoms with Gasteiger partial charge in [-0.15, -0.1) is 0 Å². The molecule has 1 aliphatic carbocycles. The first-order valence-corrected chi connectivity index (χ1v) is 10.1. The third-order valence-electron chi connectivity index (χ3n) is 5.31. The molecular weight excluding hydrogens is 394 g/mol. The summed E-state index contributed by atoms with van der Waals surface area (Å²) < 4.78 is 0. The lowest BCUT2D eigenvalue weighted by molar-refractivity contribution is -0.127. The highest BCUT2D eigenvalue weighted by Gasteiger charge is 2.35. The second kappa shape index (κ2) is 8.24. The van der Waals surface area contributed by atoms with E-state index >= 15 is 0 Å². The van der Waals surface area contributed by atoms with Gasteiger partial charge in [0.2, 0.25) is 17.8 Å². The Morgan fingerprint density at radius 1 is 1.17 bits per heavy atom. The van der Waals surface area contributed by atoms with Crippen molar-refractivity contribution in [3.8, 4) is 0 Å². The summed E-state index contributed by atoms with van der Waals surface area (Å²) in [6.45, 7) is 0. The van der Waals surface area contributed by atoms with Gasteiger partial charge in [0.25, 0.3) is 5.56 Å². The molecule has 1 aromatic carbocycles. The molecule has 1 fully saturated rings. The summed E-state index contributed by atoms with van der Waals surface area (Å²) in [4.78, 5) is 44.7. The zero-order valence-electron chi connectivity index (χ0n) is 15.8. The average molecular weight is 416 g/mol. The Kier molecular flexibility index (Phi) is 5.53. The van der Waals surface area contributed by atoms with Gasteiger partial charge in [-0.2, -0.15) is 4.98 Å². The van der Waals surface area contributed by atoms with Crippen molar-refractivity contribution in [2.24, 2.45) is 0 Å². The lowest BCUT2D eigenvalue weighted by Gasteiger charge is -2.27. The molecule has 2 heterocycles. The highest BCUT2D eigenvalue weighted by molar-refractivity contribution is 6.30. The average Bonchev–Trinajstić information content (AvgIpc) is 2.67. The van der Waals surface area contributed by atoms with E-state index in [9.17, 15) is 14.4 Å². The normalized spacial score (nSPS) is 19.2. The topological polar surface area (TPSA) is 116 Å². The highest BCUT2D eigenvalue weighted by Crippen LogP contribution is 2.30. The zero-order chi connectivity index (χ0) is 20.4. The van der Waals surface area contributed by atoms with Gasteiger partial charge in [-0.1, -0.05) is 36.9 Å². The van der Waals surface area contributed by atoms with E-state index in [-0.39, 0.29) is 41.6 Å². The van der Waals surface area contributed by atoms with Crippen molar-refractivity contribution < 1.29 is 9.59 Å².